The molecule has 0 aliphatic heterocycles. The molecular formula is C10H12F3NO2. The first-order valence-corrected chi connectivity index (χ1v) is 4.61. The Labute approximate surface area is 90.3 Å². The normalized spacial score (nSPS) is 13.8. The largest absolute Gasteiger partial charge is 0.504 e. The van der Waals surface area contributed by atoms with Gasteiger partial charge in [-0.2, -0.15) is 13.2 Å². The summed E-state index contributed by atoms with van der Waals surface area (Å²) in [6, 6.07) is 1.85. The van der Waals surface area contributed by atoms with Gasteiger partial charge < -0.3 is 15.9 Å². The first-order chi connectivity index (χ1) is 7.29. The lowest BCUT2D eigenvalue weighted by Crippen LogP contribution is -2.11. The van der Waals surface area contributed by atoms with Crippen molar-refractivity contribution < 1.29 is 23.4 Å². The van der Waals surface area contributed by atoms with E-state index >= 15 is 0 Å². The highest BCUT2D eigenvalue weighted by molar-refractivity contribution is 5.52. The lowest BCUT2D eigenvalue weighted by molar-refractivity contribution is -0.138. The van der Waals surface area contributed by atoms with Crippen molar-refractivity contribution in [3.63, 3.8) is 0 Å². The molecule has 0 fully saturated rings. The van der Waals surface area contributed by atoms with Crippen molar-refractivity contribution in [2.24, 2.45) is 5.73 Å². The van der Waals surface area contributed by atoms with Gasteiger partial charge in [-0.3, -0.25) is 0 Å². The predicted molar refractivity (Wildman–Crippen MR) is 52.2 cm³/mol. The van der Waals surface area contributed by atoms with Gasteiger partial charge in [0.05, 0.1) is 0 Å². The third-order valence-electron chi connectivity index (χ3n) is 2.37. The number of nitrogens with two attached hydrogens (primary N) is 1. The SMILES string of the molecule is CC(CN)c1ccc(C(F)(F)F)c(O)c1O. The molecular weight excluding hydrogens is 223 g/mol. The Bertz CT molecular complexity index is 390. The monoisotopic (exact) mass is 235 g/mol. The van der Waals surface area contributed by atoms with Crippen LogP contribution in [0.25, 0.3) is 0 Å². The van der Waals surface area contributed by atoms with Crippen LogP contribution in [0.2, 0.25) is 0 Å². The Morgan fingerprint density at radius 1 is 1.25 bits per heavy atom. The minimum Gasteiger partial charge on any atom is -0.504 e. The second-order valence-corrected chi connectivity index (χ2v) is 3.53. The van der Waals surface area contributed by atoms with E-state index in [1.165, 1.54) is 0 Å². The lowest BCUT2D eigenvalue weighted by atomic mass is 9.97. The second kappa shape index (κ2) is 4.21. The fraction of sp³-hybridized carbons (Fsp3) is 0.400. The van der Waals surface area contributed by atoms with Crippen LogP contribution in [0.5, 0.6) is 11.5 Å². The number of phenolic OH excluding ortho intramolecular Hbond substituents is 2. The fourth-order valence-corrected chi connectivity index (χ4v) is 1.35. The average molecular weight is 235 g/mol. The van der Waals surface area contributed by atoms with E-state index in [9.17, 15) is 23.4 Å². The Balaban J connectivity index is 3.29. The summed E-state index contributed by atoms with van der Waals surface area (Å²) in [4.78, 5) is 0. The first-order valence-electron chi connectivity index (χ1n) is 4.61. The number of aromatic hydroxyl groups is 2. The van der Waals surface area contributed by atoms with Crippen LogP contribution in [0.4, 0.5) is 13.2 Å². The van der Waals surface area contributed by atoms with Gasteiger partial charge in [0.1, 0.15) is 5.56 Å². The summed E-state index contributed by atoms with van der Waals surface area (Å²) in [6.45, 7) is 1.81. The number of benzene rings is 1. The quantitative estimate of drug-likeness (QED) is 0.688. The second-order valence-electron chi connectivity index (χ2n) is 3.53. The smallest absolute Gasteiger partial charge is 0.420 e. The van der Waals surface area contributed by atoms with Gasteiger partial charge in [0.15, 0.2) is 11.5 Å². The summed E-state index contributed by atoms with van der Waals surface area (Å²) in [5.41, 5.74) is 4.28. The molecule has 16 heavy (non-hydrogen) atoms. The summed E-state index contributed by atoms with van der Waals surface area (Å²) in [5, 5.41) is 18.7. The van der Waals surface area contributed by atoms with Gasteiger partial charge in [-0.25, -0.2) is 0 Å². The molecule has 1 aromatic rings. The number of alkyl halides is 3. The standard InChI is InChI=1S/C10H12F3NO2/c1-5(4-14)6-2-3-7(10(11,12)13)9(16)8(6)15/h2-3,5,15-16H,4,14H2,1H3. The van der Waals surface area contributed by atoms with Crippen LogP contribution >= 0.6 is 0 Å². The van der Waals surface area contributed by atoms with Gasteiger partial charge >= 0.3 is 6.18 Å². The minimum atomic E-state index is -4.69. The molecule has 0 bridgehead atoms. The molecule has 3 nitrogen and oxygen atoms in total. The van der Waals surface area contributed by atoms with E-state index in [0.717, 1.165) is 12.1 Å². The molecule has 0 aliphatic rings. The van der Waals surface area contributed by atoms with Crippen molar-refractivity contribution in [1.82, 2.24) is 0 Å². The predicted octanol–water partition coefficient (Wildman–Crippen LogP) is 2.18. The van der Waals surface area contributed by atoms with Gasteiger partial charge in [0, 0.05) is 5.56 Å². The van der Waals surface area contributed by atoms with E-state index in [1.807, 2.05) is 0 Å². The Kier molecular flexibility index (Phi) is 3.32. The molecule has 90 valence electrons. The average Bonchev–Trinajstić information content (AvgIpc) is 2.19. The molecule has 1 rings (SSSR count). The molecule has 0 aliphatic carbocycles. The Hall–Kier alpha value is -1.43. The van der Waals surface area contributed by atoms with E-state index < -0.39 is 23.2 Å². The van der Waals surface area contributed by atoms with Crippen LogP contribution in [0, 0.1) is 0 Å². The van der Waals surface area contributed by atoms with Crippen molar-refractivity contribution in [1.29, 1.82) is 0 Å². The van der Waals surface area contributed by atoms with Crippen LogP contribution in [0.1, 0.15) is 24.0 Å². The number of hydrogen-bond acceptors (Lipinski definition) is 3. The summed E-state index contributed by atoms with van der Waals surface area (Å²) in [5.74, 6) is -2.23. The van der Waals surface area contributed by atoms with Crippen LogP contribution in [0.3, 0.4) is 0 Å². The van der Waals surface area contributed by atoms with Gasteiger partial charge in [0.25, 0.3) is 0 Å². The van der Waals surface area contributed by atoms with E-state index in [-0.39, 0.29) is 18.0 Å². The minimum absolute atomic E-state index is 0.165. The molecule has 0 aromatic heterocycles. The molecule has 0 radical (unpaired) electrons. The van der Waals surface area contributed by atoms with Crippen molar-refractivity contribution in [2.45, 2.75) is 19.0 Å². The molecule has 1 unspecified atom stereocenters. The Morgan fingerprint density at radius 2 is 1.81 bits per heavy atom. The molecule has 4 N–H and O–H groups in total. The van der Waals surface area contributed by atoms with Gasteiger partial charge in [-0.05, 0) is 18.5 Å². The topological polar surface area (TPSA) is 66.5 Å². The van der Waals surface area contributed by atoms with Gasteiger partial charge in [0.2, 0.25) is 0 Å². The molecule has 1 atom stereocenters. The van der Waals surface area contributed by atoms with Crippen LogP contribution in [-0.4, -0.2) is 16.8 Å². The maximum absolute atomic E-state index is 12.3. The zero-order valence-electron chi connectivity index (χ0n) is 8.54. The first kappa shape index (κ1) is 12.6. The van der Waals surface area contributed by atoms with E-state index in [2.05, 4.69) is 0 Å². The van der Waals surface area contributed by atoms with Crippen LogP contribution in [-0.2, 0) is 6.18 Å². The highest BCUT2D eigenvalue weighted by atomic mass is 19.4. The van der Waals surface area contributed by atoms with E-state index in [4.69, 9.17) is 5.73 Å². The van der Waals surface area contributed by atoms with E-state index in [1.54, 1.807) is 6.92 Å². The number of phenols is 2. The number of halogens is 3. The molecule has 0 saturated heterocycles. The number of hydrogen-bond donors (Lipinski definition) is 3. The number of rotatable bonds is 2. The molecule has 0 heterocycles. The van der Waals surface area contributed by atoms with Crippen molar-refractivity contribution in [3.8, 4) is 11.5 Å². The Morgan fingerprint density at radius 3 is 2.25 bits per heavy atom. The van der Waals surface area contributed by atoms with Gasteiger partial charge in [-0.15, -0.1) is 0 Å². The maximum atomic E-state index is 12.3. The van der Waals surface area contributed by atoms with Crippen molar-refractivity contribution in [3.05, 3.63) is 23.3 Å². The zero-order chi connectivity index (χ0) is 12.5. The molecule has 6 heteroatoms. The molecule has 0 saturated carbocycles. The maximum Gasteiger partial charge on any atom is 0.420 e. The summed E-state index contributed by atoms with van der Waals surface area (Å²) < 4.78 is 37.0. The third-order valence-corrected chi connectivity index (χ3v) is 2.37. The fourth-order valence-electron chi connectivity index (χ4n) is 1.35. The third kappa shape index (κ3) is 2.21. The van der Waals surface area contributed by atoms with Crippen LogP contribution < -0.4 is 5.73 Å². The highest BCUT2D eigenvalue weighted by Gasteiger charge is 2.35. The van der Waals surface area contributed by atoms with Gasteiger partial charge in [-0.1, -0.05) is 13.0 Å². The lowest BCUT2D eigenvalue weighted by Gasteiger charge is -2.15. The summed E-state index contributed by atoms with van der Waals surface area (Å²) >= 11 is 0. The zero-order valence-corrected chi connectivity index (χ0v) is 8.54. The molecule has 0 amide bonds. The van der Waals surface area contributed by atoms with E-state index in [0.29, 0.717) is 0 Å². The molecule has 0 spiro atoms. The van der Waals surface area contributed by atoms with Crippen molar-refractivity contribution >= 4 is 0 Å². The highest BCUT2D eigenvalue weighted by Crippen LogP contribution is 2.43. The van der Waals surface area contributed by atoms with Crippen molar-refractivity contribution in [2.75, 3.05) is 6.54 Å². The summed E-state index contributed by atoms with van der Waals surface area (Å²) in [7, 11) is 0. The molecule has 1 aromatic carbocycles. The van der Waals surface area contributed by atoms with Crippen LogP contribution in [0.15, 0.2) is 12.1 Å². The summed E-state index contributed by atoms with van der Waals surface area (Å²) in [6.07, 6.45) is -4.69.